The Labute approximate surface area is 375 Å². The lowest BCUT2D eigenvalue weighted by molar-refractivity contribution is -0.142. The molecule has 0 unspecified atom stereocenters. The van der Waals surface area contributed by atoms with Crippen molar-refractivity contribution >= 4 is 47.4 Å². The molecule has 0 fully saturated rings. The molecule has 6 amide bonds. The van der Waals surface area contributed by atoms with Crippen molar-refractivity contribution in [3.8, 4) is 0 Å². The second kappa shape index (κ2) is 30.1. The second-order valence-electron chi connectivity index (χ2n) is 15.7. The molecule has 0 aromatic heterocycles. The lowest BCUT2D eigenvalue weighted by Crippen LogP contribution is -2.59. The summed E-state index contributed by atoms with van der Waals surface area (Å²) in [5, 5.41) is 25.8. The summed E-state index contributed by atoms with van der Waals surface area (Å²) in [5.74, 6) is -5.80. The SMILES string of the molecule is CC[C@H](C)[C@H](NC(=O)[C@@H](N)CCCCN)C(=O)NCC(=O)N[C@@H](Cc1ccccc1)C(=O)N[C@@H](Cc1ccccc1)C(=O)N[C@@H](CCCCN)C(=O)N[C@@H](CCCN=C(N)N)C(=O)O. The molecule has 0 saturated heterocycles. The van der Waals surface area contributed by atoms with E-state index in [2.05, 4.69) is 36.9 Å². The fraction of sp³-hybridized carbons (Fsp3) is 0.545. The minimum absolute atomic E-state index is 0.00348. The van der Waals surface area contributed by atoms with Gasteiger partial charge in [0.1, 0.15) is 30.2 Å². The Hall–Kier alpha value is -6.12. The highest BCUT2D eigenvalue weighted by molar-refractivity contribution is 5.96. The topological polar surface area (TPSA) is 354 Å². The van der Waals surface area contributed by atoms with Crippen molar-refractivity contribution in [3.05, 3.63) is 71.8 Å². The fourth-order valence-corrected chi connectivity index (χ4v) is 6.58. The van der Waals surface area contributed by atoms with E-state index in [-0.39, 0.29) is 50.5 Å². The van der Waals surface area contributed by atoms with Gasteiger partial charge in [0.25, 0.3) is 0 Å². The van der Waals surface area contributed by atoms with E-state index in [1.807, 2.05) is 6.92 Å². The number of hydrogen-bond donors (Lipinski definition) is 12. The molecular weight excluding hydrogens is 825 g/mol. The Morgan fingerprint density at radius 2 is 1.09 bits per heavy atom. The molecule has 0 spiro atoms. The summed E-state index contributed by atoms with van der Waals surface area (Å²) >= 11 is 0. The van der Waals surface area contributed by atoms with Gasteiger partial charge in [0.15, 0.2) is 5.96 Å². The Morgan fingerprint density at radius 1 is 0.609 bits per heavy atom. The van der Waals surface area contributed by atoms with Crippen LogP contribution in [0.5, 0.6) is 0 Å². The summed E-state index contributed by atoms with van der Waals surface area (Å²) in [6, 6.07) is 10.8. The highest BCUT2D eigenvalue weighted by atomic mass is 16.4. The number of unbranched alkanes of at least 4 members (excludes halogenated alkanes) is 2. The fourth-order valence-electron chi connectivity index (χ4n) is 6.58. The number of aliphatic carboxylic acids is 1. The van der Waals surface area contributed by atoms with Crippen LogP contribution >= 0.6 is 0 Å². The number of carbonyl (C=O) groups excluding carboxylic acids is 6. The maximum Gasteiger partial charge on any atom is 0.326 e. The van der Waals surface area contributed by atoms with Crippen molar-refractivity contribution in [2.24, 2.45) is 39.6 Å². The van der Waals surface area contributed by atoms with Gasteiger partial charge in [0.05, 0.1) is 12.6 Å². The Kier molecular flexibility index (Phi) is 25.4. The summed E-state index contributed by atoms with van der Waals surface area (Å²) in [7, 11) is 0. The predicted octanol–water partition coefficient (Wildman–Crippen LogP) is -1.22. The monoisotopic (exact) mass is 895 g/mol. The minimum Gasteiger partial charge on any atom is -0.480 e. The van der Waals surface area contributed by atoms with Crippen LogP contribution in [0, 0.1) is 5.92 Å². The number of guanidine groups is 1. The van der Waals surface area contributed by atoms with Crippen LogP contribution < -0.4 is 60.6 Å². The van der Waals surface area contributed by atoms with Crippen molar-refractivity contribution in [3.63, 3.8) is 0 Å². The number of benzene rings is 2. The first kappa shape index (κ1) is 54.0. The van der Waals surface area contributed by atoms with Crippen LogP contribution in [0.25, 0.3) is 0 Å². The van der Waals surface area contributed by atoms with Crippen LogP contribution in [0.15, 0.2) is 65.7 Å². The van der Waals surface area contributed by atoms with E-state index in [0.717, 1.165) is 0 Å². The number of carbonyl (C=O) groups is 7. The highest BCUT2D eigenvalue weighted by Crippen LogP contribution is 2.12. The van der Waals surface area contributed by atoms with Crippen LogP contribution in [0.3, 0.4) is 0 Å². The maximum absolute atomic E-state index is 14.2. The number of amides is 6. The molecule has 0 aliphatic carbocycles. The quantitative estimate of drug-likeness (QED) is 0.0240. The highest BCUT2D eigenvalue weighted by Gasteiger charge is 2.33. The van der Waals surface area contributed by atoms with Crippen LogP contribution in [-0.2, 0) is 46.4 Å². The van der Waals surface area contributed by atoms with Gasteiger partial charge >= 0.3 is 5.97 Å². The molecule has 7 atom stereocenters. The Morgan fingerprint density at radius 3 is 1.61 bits per heavy atom. The summed E-state index contributed by atoms with van der Waals surface area (Å²) < 4.78 is 0. The van der Waals surface area contributed by atoms with Gasteiger partial charge in [-0.1, -0.05) is 87.4 Å². The van der Waals surface area contributed by atoms with Gasteiger partial charge in [-0.3, -0.25) is 33.8 Å². The van der Waals surface area contributed by atoms with E-state index in [0.29, 0.717) is 62.7 Å². The van der Waals surface area contributed by atoms with Gasteiger partial charge in [0, 0.05) is 19.4 Å². The van der Waals surface area contributed by atoms with Crippen LogP contribution in [0.1, 0.15) is 82.8 Å². The number of carboxylic acids is 1. The molecule has 2 aromatic rings. The predicted molar refractivity (Wildman–Crippen MR) is 244 cm³/mol. The zero-order chi connectivity index (χ0) is 47.4. The molecule has 20 heteroatoms. The van der Waals surface area contributed by atoms with Gasteiger partial charge < -0.3 is 65.7 Å². The lowest BCUT2D eigenvalue weighted by atomic mass is 9.97. The van der Waals surface area contributed by atoms with E-state index in [4.69, 9.17) is 28.7 Å². The van der Waals surface area contributed by atoms with E-state index in [1.165, 1.54) is 0 Å². The second-order valence-corrected chi connectivity index (χ2v) is 15.7. The summed E-state index contributed by atoms with van der Waals surface area (Å²) in [4.78, 5) is 97.7. The first-order valence-electron chi connectivity index (χ1n) is 21.9. The molecule has 0 aliphatic rings. The van der Waals surface area contributed by atoms with Gasteiger partial charge in [-0.05, 0) is 75.1 Å². The zero-order valence-electron chi connectivity index (χ0n) is 37.1. The summed E-state index contributed by atoms with van der Waals surface area (Å²) in [6.45, 7) is 4.02. The van der Waals surface area contributed by atoms with Gasteiger partial charge in [-0.2, -0.15) is 0 Å². The average Bonchev–Trinajstić information content (AvgIpc) is 3.27. The molecule has 17 N–H and O–H groups in total. The van der Waals surface area contributed by atoms with Crippen molar-refractivity contribution in [2.75, 3.05) is 26.2 Å². The number of hydrogen-bond acceptors (Lipinski definition) is 11. The summed E-state index contributed by atoms with van der Waals surface area (Å²) in [6.07, 6.45) is 3.57. The summed E-state index contributed by atoms with van der Waals surface area (Å²) in [5.41, 5.74) is 29.4. The number of nitrogens with one attached hydrogen (secondary N) is 6. The molecule has 20 nitrogen and oxygen atoms in total. The third-order valence-corrected chi connectivity index (χ3v) is 10.5. The van der Waals surface area contributed by atoms with Gasteiger partial charge in [0.2, 0.25) is 35.4 Å². The molecule has 0 heterocycles. The average molecular weight is 895 g/mol. The molecule has 0 saturated carbocycles. The van der Waals surface area contributed by atoms with Crippen LogP contribution in [-0.4, -0.2) is 115 Å². The third-order valence-electron chi connectivity index (χ3n) is 10.5. The van der Waals surface area contributed by atoms with Gasteiger partial charge in [-0.25, -0.2) is 4.79 Å². The van der Waals surface area contributed by atoms with Crippen LogP contribution in [0.4, 0.5) is 0 Å². The lowest BCUT2D eigenvalue weighted by Gasteiger charge is -2.27. The Balaban J connectivity index is 2.33. The number of aliphatic imine (C=N–C) groups is 1. The molecular formula is C44H70N12O8. The van der Waals surface area contributed by atoms with Crippen molar-refractivity contribution in [1.82, 2.24) is 31.9 Å². The molecule has 0 aliphatic heterocycles. The van der Waals surface area contributed by atoms with Crippen molar-refractivity contribution in [2.45, 2.75) is 121 Å². The first-order chi connectivity index (χ1) is 30.6. The number of rotatable bonds is 31. The standard InChI is InChI=1S/C44H70N12O8/c1-3-28(2)37(56-38(58)31(47)19-10-12-22-45)42(62)51-27-36(57)52-34(25-29-15-6-4-7-16-29)40(60)55-35(26-30-17-8-5-9-18-30)41(61)53-32(20-11-13-23-46)39(59)54-33(43(63)64)21-14-24-50-44(48)49/h4-9,15-18,28,31-35,37H,3,10-14,19-27,45-47H2,1-2H3,(H,51,62)(H,52,57)(H,53,61)(H,54,59)(H,55,60)(H,56,58)(H,63,64)(H4,48,49,50)/t28-,31-,32-,33-,34-,35-,37-/m0/s1. The number of nitrogens with two attached hydrogens (primary N) is 5. The van der Waals surface area contributed by atoms with Crippen molar-refractivity contribution in [1.29, 1.82) is 0 Å². The molecule has 2 aromatic carbocycles. The Bertz CT molecular complexity index is 1800. The minimum atomic E-state index is -1.31. The molecule has 0 radical (unpaired) electrons. The largest absolute Gasteiger partial charge is 0.480 e. The molecule has 2 rings (SSSR count). The molecule has 354 valence electrons. The molecule has 64 heavy (non-hydrogen) atoms. The zero-order valence-corrected chi connectivity index (χ0v) is 37.1. The van der Waals surface area contributed by atoms with E-state index in [9.17, 15) is 38.7 Å². The van der Waals surface area contributed by atoms with E-state index >= 15 is 0 Å². The van der Waals surface area contributed by atoms with Gasteiger partial charge in [-0.15, -0.1) is 0 Å². The first-order valence-corrected chi connectivity index (χ1v) is 21.9. The van der Waals surface area contributed by atoms with Crippen molar-refractivity contribution < 1.29 is 38.7 Å². The normalized spacial score (nSPS) is 14.2. The number of nitrogens with zero attached hydrogens (tertiary/aromatic N) is 1. The van der Waals surface area contributed by atoms with E-state index in [1.54, 1.807) is 67.6 Å². The smallest absolute Gasteiger partial charge is 0.326 e. The third kappa shape index (κ3) is 20.8. The molecule has 0 bridgehead atoms. The van der Waals surface area contributed by atoms with Crippen LogP contribution in [0.2, 0.25) is 0 Å². The maximum atomic E-state index is 14.2. The van der Waals surface area contributed by atoms with E-state index < -0.39 is 84.2 Å². The number of carboxylic acid groups (broad SMARTS) is 1.